The van der Waals surface area contributed by atoms with Crippen LogP contribution in [0.1, 0.15) is 45.1 Å². The molecule has 4 nitrogen and oxygen atoms in total. The van der Waals surface area contributed by atoms with Gasteiger partial charge in [-0.05, 0) is 64.7 Å². The highest BCUT2D eigenvalue weighted by Crippen LogP contribution is 2.26. The minimum Gasteiger partial charge on any atom is -0.459 e. The van der Waals surface area contributed by atoms with E-state index in [4.69, 9.17) is 4.74 Å². The van der Waals surface area contributed by atoms with Crippen LogP contribution in [-0.2, 0) is 16.0 Å². The number of rotatable bonds is 5. The number of benzene rings is 1. The molecule has 25 heavy (non-hydrogen) atoms. The zero-order chi connectivity index (χ0) is 17.7. The van der Waals surface area contributed by atoms with E-state index in [0.29, 0.717) is 6.04 Å². The van der Waals surface area contributed by atoms with Gasteiger partial charge in [0.15, 0.2) is 0 Å². The van der Waals surface area contributed by atoms with Crippen LogP contribution in [0.2, 0.25) is 0 Å². The molecule has 1 N–H and O–H groups in total. The molecule has 1 unspecified atom stereocenters. The van der Waals surface area contributed by atoms with Crippen molar-refractivity contribution in [2.45, 2.75) is 57.6 Å². The van der Waals surface area contributed by atoms with Crippen LogP contribution in [0.4, 0.5) is 0 Å². The largest absolute Gasteiger partial charge is 0.459 e. The maximum Gasteiger partial charge on any atom is 0.310 e. The molecule has 0 radical (unpaired) electrons. The van der Waals surface area contributed by atoms with Crippen LogP contribution in [-0.4, -0.2) is 48.7 Å². The predicted molar refractivity (Wildman–Crippen MR) is 101 cm³/mol. The van der Waals surface area contributed by atoms with E-state index in [-0.39, 0.29) is 11.9 Å². The van der Waals surface area contributed by atoms with Gasteiger partial charge in [0, 0.05) is 19.0 Å². The Labute approximate surface area is 151 Å². The summed E-state index contributed by atoms with van der Waals surface area (Å²) in [6.07, 6.45) is 5.21. The topological polar surface area (TPSA) is 41.6 Å². The minimum atomic E-state index is -0.463. The summed E-state index contributed by atoms with van der Waals surface area (Å²) in [5.74, 6) is 0.0123. The van der Waals surface area contributed by atoms with Gasteiger partial charge in [0.1, 0.15) is 5.60 Å². The lowest BCUT2D eigenvalue weighted by Crippen LogP contribution is -2.49. The van der Waals surface area contributed by atoms with Crippen molar-refractivity contribution in [3.05, 3.63) is 35.9 Å². The third-order valence-corrected chi connectivity index (χ3v) is 5.46. The number of hydrogen-bond donors (Lipinski definition) is 1. The second kappa shape index (κ2) is 8.33. The molecule has 2 aliphatic heterocycles. The summed E-state index contributed by atoms with van der Waals surface area (Å²) < 4.78 is 5.94. The van der Waals surface area contributed by atoms with Crippen molar-refractivity contribution < 1.29 is 9.53 Å². The molecule has 1 aromatic rings. The lowest BCUT2D eigenvalue weighted by Gasteiger charge is -2.40. The highest BCUT2D eigenvalue weighted by Gasteiger charge is 2.34. The van der Waals surface area contributed by atoms with E-state index in [0.717, 1.165) is 45.4 Å². The van der Waals surface area contributed by atoms with Crippen molar-refractivity contribution in [1.29, 1.82) is 0 Å². The lowest BCUT2D eigenvalue weighted by molar-refractivity contribution is -0.163. The number of carbonyl (C=O) groups excluding carboxylic acids is 1. The predicted octanol–water partition coefficient (Wildman–Crippen LogP) is 3.01. The molecule has 3 rings (SSSR count). The Hall–Kier alpha value is -1.39. The number of piperidine rings is 2. The van der Waals surface area contributed by atoms with E-state index in [1.807, 2.05) is 32.0 Å². The molecule has 2 saturated heterocycles. The van der Waals surface area contributed by atoms with Crippen molar-refractivity contribution in [3.8, 4) is 0 Å². The Morgan fingerprint density at radius 3 is 2.64 bits per heavy atom. The normalized spacial score (nSPS) is 23.4. The molecule has 0 aromatic heterocycles. The summed E-state index contributed by atoms with van der Waals surface area (Å²) in [5, 5.41) is 3.42. The maximum atomic E-state index is 12.8. The molecule has 4 heteroatoms. The first kappa shape index (κ1) is 18.4. The summed E-state index contributed by atoms with van der Waals surface area (Å²) in [7, 11) is 0. The molecule has 0 amide bonds. The Balaban J connectivity index is 1.54. The molecule has 0 saturated carbocycles. The molecule has 1 atom stereocenters. The van der Waals surface area contributed by atoms with Crippen molar-refractivity contribution in [2.24, 2.45) is 5.92 Å². The zero-order valence-corrected chi connectivity index (χ0v) is 15.7. The number of likely N-dealkylation sites (tertiary alicyclic amines) is 1. The van der Waals surface area contributed by atoms with Gasteiger partial charge in [-0.2, -0.15) is 0 Å². The quantitative estimate of drug-likeness (QED) is 0.834. The molecule has 138 valence electrons. The second-order valence-electron chi connectivity index (χ2n) is 8.16. The van der Waals surface area contributed by atoms with Gasteiger partial charge in [-0.25, -0.2) is 0 Å². The van der Waals surface area contributed by atoms with Crippen molar-refractivity contribution in [2.75, 3.05) is 26.2 Å². The van der Waals surface area contributed by atoms with Gasteiger partial charge in [-0.3, -0.25) is 9.69 Å². The number of carbonyl (C=O) groups is 1. The number of hydrogen-bond acceptors (Lipinski definition) is 4. The molecular weight excluding hydrogens is 312 g/mol. The summed E-state index contributed by atoms with van der Waals surface area (Å²) in [6.45, 7) is 8.23. The summed E-state index contributed by atoms with van der Waals surface area (Å²) >= 11 is 0. The van der Waals surface area contributed by atoms with Crippen LogP contribution in [0.15, 0.2) is 30.3 Å². The molecule has 2 heterocycles. The Morgan fingerprint density at radius 2 is 1.92 bits per heavy atom. The van der Waals surface area contributed by atoms with Crippen molar-refractivity contribution >= 4 is 5.97 Å². The van der Waals surface area contributed by atoms with E-state index in [1.165, 1.54) is 18.4 Å². The van der Waals surface area contributed by atoms with Crippen LogP contribution >= 0.6 is 0 Å². The van der Waals surface area contributed by atoms with Crippen molar-refractivity contribution in [3.63, 3.8) is 0 Å². The van der Waals surface area contributed by atoms with Gasteiger partial charge >= 0.3 is 5.97 Å². The first-order chi connectivity index (χ1) is 12.0. The first-order valence-corrected chi connectivity index (χ1v) is 9.75. The smallest absolute Gasteiger partial charge is 0.310 e. The molecule has 0 aliphatic carbocycles. The summed E-state index contributed by atoms with van der Waals surface area (Å²) in [5.41, 5.74) is 0.746. The van der Waals surface area contributed by atoms with E-state index in [9.17, 15) is 4.79 Å². The third-order valence-electron chi connectivity index (χ3n) is 5.46. The Morgan fingerprint density at radius 1 is 1.20 bits per heavy atom. The zero-order valence-electron chi connectivity index (χ0n) is 15.7. The molecule has 1 aromatic carbocycles. The summed E-state index contributed by atoms with van der Waals surface area (Å²) in [4.78, 5) is 15.3. The molecule has 0 spiro atoms. The number of ether oxygens (including phenoxy) is 1. The van der Waals surface area contributed by atoms with E-state index < -0.39 is 5.60 Å². The molecular formula is C21H32N2O2. The second-order valence-corrected chi connectivity index (χ2v) is 8.16. The fourth-order valence-electron chi connectivity index (χ4n) is 4.18. The third kappa shape index (κ3) is 5.29. The highest BCUT2D eigenvalue weighted by molar-refractivity contribution is 5.73. The Kier molecular flexibility index (Phi) is 6.13. The van der Waals surface area contributed by atoms with Crippen LogP contribution in [0.3, 0.4) is 0 Å². The minimum absolute atomic E-state index is 0.0143. The standard InChI is InChI=1S/C21H32N2O2/c1-21(2,15-17-7-4-3-5-8-17)25-20(24)18-9-6-14-23(16-18)19-10-12-22-13-11-19/h3-5,7-8,18-19,22H,6,9-16H2,1-2H3. The monoisotopic (exact) mass is 344 g/mol. The molecule has 2 fully saturated rings. The number of nitrogens with zero attached hydrogens (tertiary/aromatic N) is 1. The van der Waals surface area contributed by atoms with E-state index in [1.54, 1.807) is 0 Å². The first-order valence-electron chi connectivity index (χ1n) is 9.75. The highest BCUT2D eigenvalue weighted by atomic mass is 16.6. The Bertz CT molecular complexity index is 552. The van der Waals surface area contributed by atoms with Gasteiger partial charge in [-0.15, -0.1) is 0 Å². The SMILES string of the molecule is CC(C)(Cc1ccccc1)OC(=O)C1CCCN(C2CCNCC2)C1. The molecule has 0 bridgehead atoms. The van der Waals surface area contributed by atoms with Crippen molar-refractivity contribution in [1.82, 2.24) is 10.2 Å². The van der Waals surface area contributed by atoms with E-state index >= 15 is 0 Å². The van der Waals surface area contributed by atoms with Gasteiger partial charge in [0.05, 0.1) is 5.92 Å². The fraction of sp³-hybridized carbons (Fsp3) is 0.667. The van der Waals surface area contributed by atoms with Crippen LogP contribution in [0, 0.1) is 5.92 Å². The fourth-order valence-corrected chi connectivity index (χ4v) is 4.18. The van der Waals surface area contributed by atoms with E-state index in [2.05, 4.69) is 22.3 Å². The average Bonchev–Trinajstić information content (AvgIpc) is 2.62. The number of nitrogens with one attached hydrogen (secondary N) is 1. The van der Waals surface area contributed by atoms with Gasteiger partial charge in [0.2, 0.25) is 0 Å². The average molecular weight is 344 g/mol. The van der Waals surface area contributed by atoms with Crippen LogP contribution in [0.5, 0.6) is 0 Å². The number of esters is 1. The lowest BCUT2D eigenvalue weighted by atomic mass is 9.93. The summed E-state index contributed by atoms with van der Waals surface area (Å²) in [6, 6.07) is 10.9. The van der Waals surface area contributed by atoms with Gasteiger partial charge < -0.3 is 10.1 Å². The van der Waals surface area contributed by atoms with Gasteiger partial charge in [0.25, 0.3) is 0 Å². The van der Waals surface area contributed by atoms with Crippen LogP contribution in [0.25, 0.3) is 0 Å². The maximum absolute atomic E-state index is 12.8. The van der Waals surface area contributed by atoms with Crippen LogP contribution < -0.4 is 5.32 Å². The van der Waals surface area contributed by atoms with Gasteiger partial charge in [-0.1, -0.05) is 30.3 Å². The molecule has 2 aliphatic rings.